The quantitative estimate of drug-likeness (QED) is 0.0404. The Hall–Kier alpha value is -1.84. The lowest BCUT2D eigenvalue weighted by Crippen LogP contribution is -2.67. The van der Waals surface area contributed by atoms with E-state index in [9.17, 15) is 148 Å². The number of hydrogen-bond acceptors (Lipinski definition) is 46. The van der Waals surface area contributed by atoms with Crippen molar-refractivity contribution in [1.29, 1.82) is 0 Å². The van der Waals surface area contributed by atoms with E-state index in [0.717, 1.165) is 0 Å². The first kappa shape index (κ1) is 82.2. The summed E-state index contributed by atoms with van der Waals surface area (Å²) in [5, 5.41) is 312. The van der Waals surface area contributed by atoms with Gasteiger partial charge in [-0.15, -0.1) is 0 Å². The molecule has 584 valence electrons. The Morgan fingerprint density at radius 2 is 0.350 bits per heavy atom. The molecule has 0 radical (unpaired) electrons. The molecule has 9 saturated heterocycles. The van der Waals surface area contributed by atoms with Gasteiger partial charge in [-0.2, -0.15) is 0 Å². The first-order valence-corrected chi connectivity index (χ1v) is 31.7. The highest BCUT2D eigenvalue weighted by molar-refractivity contribution is 5.02. The lowest BCUT2D eigenvalue weighted by molar-refractivity contribution is -0.389. The third-order valence-corrected chi connectivity index (χ3v) is 18.7. The number of hydrogen-bond donors (Lipinski definition) is 29. The third kappa shape index (κ3) is 17.0. The van der Waals surface area contributed by atoms with Crippen molar-refractivity contribution >= 4 is 0 Å². The second-order valence-electron chi connectivity index (χ2n) is 25.3. The SMILES string of the molecule is OC[C@H]1O[C@@H](O[C@@H]2[C@@H](O)[C@H](O[C@@H]3[C@@H](O)[C@H](OC[C@H]4O[C@@H](O[C@@H]5[C@@H](O)[C@H](O[C@H]6[C@H](O)[C@@H](CO[C@@H]7O[C@H](CO)[C@@H](O)[C@H](O[C@@H]8O[C@H](CO)[C@@H](O)[C@H](O[C@@H]9O[C@H](CO)[C@@H](O)[C@H](O)[C@H]9O)[C@H]8O)[C@H]7O)OC(O)[C@@H]6O)O[C@H](CO)[C@H]5O)[C@H](O)[C@@H](O)[C@@H]4O)O[C@H](CO)[C@H]3O)O[C@H](CO)[C@H]2O)[C@H](O)[C@@H](O)[C@@H]1O. The van der Waals surface area contributed by atoms with Crippen molar-refractivity contribution in [3.63, 3.8) is 0 Å². The third-order valence-electron chi connectivity index (χ3n) is 18.7. The van der Waals surface area contributed by atoms with Gasteiger partial charge < -0.3 is 229 Å². The molecule has 0 amide bonds. The fourth-order valence-corrected chi connectivity index (χ4v) is 12.7. The van der Waals surface area contributed by atoms with Crippen molar-refractivity contribution in [3.05, 3.63) is 0 Å². The van der Waals surface area contributed by atoms with E-state index in [1.807, 2.05) is 0 Å². The van der Waals surface area contributed by atoms with Gasteiger partial charge in [0.05, 0.1) is 59.5 Å². The van der Waals surface area contributed by atoms with Crippen molar-refractivity contribution in [3.8, 4) is 0 Å². The van der Waals surface area contributed by atoms with E-state index in [1.54, 1.807) is 0 Å². The zero-order valence-electron chi connectivity index (χ0n) is 52.3. The summed E-state index contributed by atoms with van der Waals surface area (Å²) in [6.07, 6.45) is -91.1. The molecule has 0 spiro atoms. The van der Waals surface area contributed by atoms with Crippen LogP contribution in [0.5, 0.6) is 0 Å². The Bertz CT molecular complexity index is 2460. The first-order valence-electron chi connectivity index (χ1n) is 31.7. The Labute approximate surface area is 563 Å². The first-order chi connectivity index (χ1) is 47.4. The van der Waals surface area contributed by atoms with Crippen molar-refractivity contribution in [2.24, 2.45) is 0 Å². The van der Waals surface area contributed by atoms with Crippen LogP contribution in [0.3, 0.4) is 0 Å². The molecule has 9 heterocycles. The predicted molar refractivity (Wildman–Crippen MR) is 297 cm³/mol. The molecular formula is C54H92O46. The zero-order chi connectivity index (χ0) is 73.4. The summed E-state index contributed by atoms with van der Waals surface area (Å²) in [6, 6.07) is 0. The highest BCUT2D eigenvalue weighted by Gasteiger charge is 2.59. The van der Waals surface area contributed by atoms with Crippen LogP contribution in [0.15, 0.2) is 0 Å². The molecule has 0 saturated carbocycles. The predicted octanol–water partition coefficient (Wildman–Crippen LogP) is -20.6. The Balaban J connectivity index is 0.827. The van der Waals surface area contributed by atoms with Crippen LogP contribution in [0.1, 0.15) is 0 Å². The maximum atomic E-state index is 11.7. The summed E-state index contributed by atoms with van der Waals surface area (Å²) >= 11 is 0. The van der Waals surface area contributed by atoms with Crippen LogP contribution in [0.25, 0.3) is 0 Å². The van der Waals surface area contributed by atoms with Gasteiger partial charge in [-0.05, 0) is 0 Å². The highest BCUT2D eigenvalue weighted by Crippen LogP contribution is 2.38. The fourth-order valence-electron chi connectivity index (χ4n) is 12.7. The van der Waals surface area contributed by atoms with E-state index < -0.39 is 336 Å². The molecule has 29 N–H and O–H groups in total. The normalized spacial score (nSPS) is 53.7. The van der Waals surface area contributed by atoms with Gasteiger partial charge in [-0.3, -0.25) is 0 Å². The number of aliphatic hydroxyl groups is 29. The number of ether oxygens (including phenoxy) is 17. The molecule has 46 heteroatoms. The maximum Gasteiger partial charge on any atom is 0.187 e. The summed E-state index contributed by atoms with van der Waals surface area (Å²) < 4.78 is 94.7. The zero-order valence-corrected chi connectivity index (χ0v) is 52.3. The van der Waals surface area contributed by atoms with E-state index in [2.05, 4.69) is 0 Å². The molecule has 0 aliphatic carbocycles. The Kier molecular flexibility index (Phi) is 29.2. The van der Waals surface area contributed by atoms with E-state index in [0.29, 0.717) is 0 Å². The largest absolute Gasteiger partial charge is 0.394 e. The highest BCUT2D eigenvalue weighted by atomic mass is 16.8. The van der Waals surface area contributed by atoms with Gasteiger partial charge in [-0.25, -0.2) is 0 Å². The number of rotatable bonds is 25. The standard InChI is InChI=1S/C54H92O46/c55-1-10-19(62)28(71)31(74)49(89-10)96-43-24(67)15(6-60)92-53(38(43)81)99-41-22(65)12(3-57)87-47(35(41)78)84-8-17-21(64)30(73)33(76)51(94-17)98-45-26(69)14(5-59)91-52(37(45)80)95-40-27(70)18(86-46(83)34(40)77)9-85-48-36(79)42(23(66)13(4-58)88-48)100-54-39(82)44(25(68)16(7-61)93-54)97-50-32(75)29(72)20(63)11(2-56)90-50/h10-83H,1-9H2/t10-,11-,12-,13-,14-,15-,16-,17-,18-,19-,20-,21-,22-,23-,24-,25-,26-,27-,28+,29+,30+,31-,32-,33-,34-,35-,36-,37-,38-,39-,40+,41+,42+,43+,44+,45+,46?,47-,48-,49+,50+,51+,52+,53+,54+/m1/s1. The van der Waals surface area contributed by atoms with Crippen molar-refractivity contribution < 1.29 is 229 Å². The number of aliphatic hydroxyl groups excluding tert-OH is 29. The molecular weight excluding hydrogens is 1380 g/mol. The van der Waals surface area contributed by atoms with Gasteiger partial charge in [0.15, 0.2) is 56.6 Å². The average molecular weight is 1480 g/mol. The monoisotopic (exact) mass is 1480 g/mol. The summed E-state index contributed by atoms with van der Waals surface area (Å²) in [6.45, 7) is -9.03. The van der Waals surface area contributed by atoms with Crippen LogP contribution in [0.4, 0.5) is 0 Å². The Morgan fingerprint density at radius 1 is 0.170 bits per heavy atom. The van der Waals surface area contributed by atoms with E-state index >= 15 is 0 Å². The molecule has 0 aromatic rings. The van der Waals surface area contributed by atoms with Crippen molar-refractivity contribution in [1.82, 2.24) is 0 Å². The lowest BCUT2D eigenvalue weighted by atomic mass is 9.95. The molecule has 1 unspecified atom stereocenters. The van der Waals surface area contributed by atoms with Crippen LogP contribution in [0, 0.1) is 0 Å². The second-order valence-corrected chi connectivity index (χ2v) is 25.3. The molecule has 0 aromatic carbocycles. The van der Waals surface area contributed by atoms with E-state index in [-0.39, 0.29) is 0 Å². The molecule has 9 aliphatic rings. The van der Waals surface area contributed by atoms with Gasteiger partial charge in [0, 0.05) is 0 Å². The molecule has 9 aliphatic heterocycles. The van der Waals surface area contributed by atoms with Gasteiger partial charge in [-0.1, -0.05) is 0 Å². The summed E-state index contributed by atoms with van der Waals surface area (Å²) in [7, 11) is 0. The minimum Gasteiger partial charge on any atom is -0.394 e. The van der Waals surface area contributed by atoms with Crippen LogP contribution >= 0.6 is 0 Å². The summed E-state index contributed by atoms with van der Waals surface area (Å²) in [4.78, 5) is 0. The van der Waals surface area contributed by atoms with Crippen LogP contribution in [-0.2, 0) is 80.5 Å². The minimum atomic E-state index is -2.36. The van der Waals surface area contributed by atoms with Crippen LogP contribution in [-0.4, -0.2) is 484 Å². The second kappa shape index (κ2) is 35.5. The van der Waals surface area contributed by atoms with Crippen molar-refractivity contribution in [2.75, 3.05) is 59.5 Å². The van der Waals surface area contributed by atoms with Gasteiger partial charge in [0.25, 0.3) is 0 Å². The van der Waals surface area contributed by atoms with Gasteiger partial charge >= 0.3 is 0 Å². The molecule has 9 rings (SSSR count). The van der Waals surface area contributed by atoms with Gasteiger partial charge in [0.2, 0.25) is 0 Å². The summed E-state index contributed by atoms with van der Waals surface area (Å²) in [5.41, 5.74) is 0. The smallest absolute Gasteiger partial charge is 0.187 e. The van der Waals surface area contributed by atoms with Gasteiger partial charge in [0.1, 0.15) is 220 Å². The van der Waals surface area contributed by atoms with Crippen LogP contribution < -0.4 is 0 Å². The molecule has 9 fully saturated rings. The van der Waals surface area contributed by atoms with Crippen LogP contribution in [0.2, 0.25) is 0 Å². The molecule has 0 aromatic heterocycles. The van der Waals surface area contributed by atoms with Crippen molar-refractivity contribution in [2.45, 2.75) is 276 Å². The average Bonchev–Trinajstić information content (AvgIpc) is 0.784. The molecule has 46 nitrogen and oxygen atoms in total. The summed E-state index contributed by atoms with van der Waals surface area (Å²) in [5.74, 6) is 0. The lowest BCUT2D eigenvalue weighted by Gasteiger charge is -2.49. The minimum absolute atomic E-state index is 0.902. The molecule has 0 bridgehead atoms. The molecule has 45 atom stereocenters. The Morgan fingerprint density at radius 3 is 0.610 bits per heavy atom. The topological polar surface area (TPSA) is 744 Å². The maximum absolute atomic E-state index is 11.7. The fraction of sp³-hybridized carbons (Fsp3) is 1.00. The molecule has 100 heavy (non-hydrogen) atoms. The van der Waals surface area contributed by atoms with E-state index in [1.165, 1.54) is 0 Å². The van der Waals surface area contributed by atoms with E-state index in [4.69, 9.17) is 80.5 Å².